The molecule has 2 rings (SSSR count). The van der Waals surface area contributed by atoms with Crippen molar-refractivity contribution in [2.45, 2.75) is 20.5 Å². The second-order valence-electron chi connectivity index (χ2n) is 4.62. The lowest BCUT2D eigenvalue weighted by Gasteiger charge is -2.12. The average molecular weight is 254 g/mol. The molecule has 98 valence electrons. The molecule has 0 heterocycles. The Morgan fingerprint density at radius 1 is 1.11 bits per heavy atom. The van der Waals surface area contributed by atoms with Gasteiger partial charge in [-0.2, -0.15) is 0 Å². The van der Waals surface area contributed by atoms with E-state index in [-0.39, 0.29) is 5.84 Å². The van der Waals surface area contributed by atoms with Gasteiger partial charge < -0.3 is 10.5 Å². The van der Waals surface area contributed by atoms with Crippen LogP contribution in [0.4, 0.5) is 0 Å². The first-order chi connectivity index (χ1) is 9.08. The SMILES string of the molecule is Cc1cccc(C)c1OCc1cccc(C(=N)N)c1. The van der Waals surface area contributed by atoms with Crippen LogP contribution in [0.15, 0.2) is 42.5 Å². The van der Waals surface area contributed by atoms with Crippen molar-refractivity contribution in [2.75, 3.05) is 0 Å². The summed E-state index contributed by atoms with van der Waals surface area (Å²) in [6, 6.07) is 13.7. The van der Waals surface area contributed by atoms with Crippen LogP contribution in [0.2, 0.25) is 0 Å². The molecule has 0 saturated heterocycles. The predicted octanol–water partition coefficient (Wildman–Crippen LogP) is 3.17. The van der Waals surface area contributed by atoms with E-state index in [2.05, 4.69) is 0 Å². The average Bonchev–Trinajstić information content (AvgIpc) is 2.38. The molecular formula is C16H18N2O. The van der Waals surface area contributed by atoms with Crippen molar-refractivity contribution in [2.24, 2.45) is 5.73 Å². The van der Waals surface area contributed by atoms with Crippen molar-refractivity contribution in [1.29, 1.82) is 5.41 Å². The second kappa shape index (κ2) is 5.57. The summed E-state index contributed by atoms with van der Waals surface area (Å²) in [7, 11) is 0. The maximum Gasteiger partial charge on any atom is 0.125 e. The fourth-order valence-electron chi connectivity index (χ4n) is 2.01. The molecule has 0 aliphatic carbocycles. The van der Waals surface area contributed by atoms with Gasteiger partial charge in [-0.05, 0) is 36.6 Å². The molecule has 3 heteroatoms. The van der Waals surface area contributed by atoms with E-state index in [4.69, 9.17) is 15.9 Å². The molecule has 0 fully saturated rings. The molecule has 0 bridgehead atoms. The Kier molecular flexibility index (Phi) is 3.85. The Bertz CT molecular complexity index is 585. The van der Waals surface area contributed by atoms with Crippen molar-refractivity contribution < 1.29 is 4.74 Å². The minimum absolute atomic E-state index is 0.0777. The topological polar surface area (TPSA) is 59.1 Å². The third-order valence-corrected chi connectivity index (χ3v) is 3.03. The van der Waals surface area contributed by atoms with Crippen molar-refractivity contribution in [1.82, 2.24) is 0 Å². The smallest absolute Gasteiger partial charge is 0.125 e. The second-order valence-corrected chi connectivity index (χ2v) is 4.62. The molecular weight excluding hydrogens is 236 g/mol. The van der Waals surface area contributed by atoms with Gasteiger partial charge in [0.1, 0.15) is 18.2 Å². The molecule has 0 radical (unpaired) electrons. The van der Waals surface area contributed by atoms with E-state index < -0.39 is 0 Å². The van der Waals surface area contributed by atoms with Crippen molar-refractivity contribution in [3.8, 4) is 5.75 Å². The Morgan fingerprint density at radius 3 is 2.37 bits per heavy atom. The number of nitrogens with two attached hydrogens (primary N) is 1. The maximum atomic E-state index is 7.43. The van der Waals surface area contributed by atoms with Crippen LogP contribution in [-0.2, 0) is 6.61 Å². The normalized spacial score (nSPS) is 10.2. The molecule has 2 aromatic carbocycles. The lowest BCUT2D eigenvalue weighted by molar-refractivity contribution is 0.302. The number of nitrogens with one attached hydrogen (secondary N) is 1. The van der Waals surface area contributed by atoms with Gasteiger partial charge in [0.25, 0.3) is 0 Å². The largest absolute Gasteiger partial charge is 0.488 e. The predicted molar refractivity (Wildman–Crippen MR) is 77.7 cm³/mol. The van der Waals surface area contributed by atoms with Crippen molar-refractivity contribution in [3.63, 3.8) is 0 Å². The summed E-state index contributed by atoms with van der Waals surface area (Å²) >= 11 is 0. The van der Waals surface area contributed by atoms with Crippen LogP contribution in [0.5, 0.6) is 5.75 Å². The zero-order chi connectivity index (χ0) is 13.8. The molecule has 0 amide bonds. The van der Waals surface area contributed by atoms with Gasteiger partial charge in [-0.15, -0.1) is 0 Å². The highest BCUT2D eigenvalue weighted by Crippen LogP contribution is 2.23. The molecule has 0 aliphatic heterocycles. The summed E-state index contributed by atoms with van der Waals surface area (Å²) < 4.78 is 5.88. The zero-order valence-electron chi connectivity index (χ0n) is 11.2. The third kappa shape index (κ3) is 3.13. The summed E-state index contributed by atoms with van der Waals surface area (Å²) in [6.07, 6.45) is 0. The van der Waals surface area contributed by atoms with Crippen LogP contribution in [0.1, 0.15) is 22.3 Å². The maximum absolute atomic E-state index is 7.43. The lowest BCUT2D eigenvalue weighted by atomic mass is 10.1. The Morgan fingerprint density at radius 2 is 1.74 bits per heavy atom. The summed E-state index contributed by atoms with van der Waals surface area (Å²) in [5.41, 5.74) is 9.47. The number of rotatable bonds is 4. The molecule has 3 nitrogen and oxygen atoms in total. The number of amidine groups is 1. The highest BCUT2D eigenvalue weighted by Gasteiger charge is 2.04. The van der Waals surface area contributed by atoms with E-state index in [1.807, 2.05) is 56.3 Å². The first kappa shape index (κ1) is 13.1. The number of hydrogen-bond donors (Lipinski definition) is 2. The number of aryl methyl sites for hydroxylation is 2. The molecule has 3 N–H and O–H groups in total. The summed E-state index contributed by atoms with van der Waals surface area (Å²) in [5.74, 6) is 1.00. The number of para-hydroxylation sites is 1. The van der Waals surface area contributed by atoms with Gasteiger partial charge in [0.15, 0.2) is 0 Å². The highest BCUT2D eigenvalue weighted by atomic mass is 16.5. The Hall–Kier alpha value is -2.29. The van der Waals surface area contributed by atoms with Crippen LogP contribution in [0.3, 0.4) is 0 Å². The third-order valence-electron chi connectivity index (χ3n) is 3.03. The number of benzene rings is 2. The molecule has 19 heavy (non-hydrogen) atoms. The van der Waals surface area contributed by atoms with Gasteiger partial charge in [-0.1, -0.05) is 36.4 Å². The number of nitrogen functional groups attached to an aromatic ring is 1. The molecule has 0 atom stereocenters. The van der Waals surface area contributed by atoms with Gasteiger partial charge >= 0.3 is 0 Å². The highest BCUT2D eigenvalue weighted by molar-refractivity contribution is 5.95. The monoisotopic (exact) mass is 254 g/mol. The van der Waals surface area contributed by atoms with E-state index in [0.29, 0.717) is 6.61 Å². The molecule has 0 aromatic heterocycles. The Balaban J connectivity index is 2.15. The minimum Gasteiger partial charge on any atom is -0.488 e. The molecule has 0 aliphatic rings. The molecule has 0 saturated carbocycles. The zero-order valence-corrected chi connectivity index (χ0v) is 11.2. The van der Waals surface area contributed by atoms with Crippen LogP contribution in [0, 0.1) is 19.3 Å². The van der Waals surface area contributed by atoms with Gasteiger partial charge in [-0.25, -0.2) is 0 Å². The summed E-state index contributed by atoms with van der Waals surface area (Å²) in [6.45, 7) is 4.55. The van der Waals surface area contributed by atoms with Gasteiger partial charge in [0.05, 0.1) is 0 Å². The molecule has 0 unspecified atom stereocenters. The first-order valence-electron chi connectivity index (χ1n) is 6.20. The first-order valence-corrected chi connectivity index (χ1v) is 6.20. The van der Waals surface area contributed by atoms with Crippen molar-refractivity contribution >= 4 is 5.84 Å². The summed E-state index contributed by atoms with van der Waals surface area (Å²) in [5, 5.41) is 7.43. The standard InChI is InChI=1S/C16H18N2O/c1-11-5-3-6-12(2)15(11)19-10-13-7-4-8-14(9-13)16(17)18/h3-9H,10H2,1-2H3,(H3,17,18). The quantitative estimate of drug-likeness (QED) is 0.650. The van der Waals surface area contributed by atoms with E-state index in [1.165, 1.54) is 0 Å². The van der Waals surface area contributed by atoms with Crippen LogP contribution in [0.25, 0.3) is 0 Å². The molecule has 0 spiro atoms. The van der Waals surface area contributed by atoms with Crippen molar-refractivity contribution in [3.05, 3.63) is 64.7 Å². The van der Waals surface area contributed by atoms with Gasteiger partial charge in [-0.3, -0.25) is 5.41 Å². The number of hydrogen-bond acceptors (Lipinski definition) is 2. The van der Waals surface area contributed by atoms with E-state index in [0.717, 1.165) is 28.0 Å². The fraction of sp³-hybridized carbons (Fsp3) is 0.188. The minimum atomic E-state index is 0.0777. The van der Waals surface area contributed by atoms with Crippen LogP contribution < -0.4 is 10.5 Å². The Labute approximate surface area is 113 Å². The lowest BCUT2D eigenvalue weighted by Crippen LogP contribution is -2.11. The fourth-order valence-corrected chi connectivity index (χ4v) is 2.01. The van der Waals surface area contributed by atoms with E-state index in [9.17, 15) is 0 Å². The van der Waals surface area contributed by atoms with Gasteiger partial charge in [0.2, 0.25) is 0 Å². The van der Waals surface area contributed by atoms with E-state index >= 15 is 0 Å². The van der Waals surface area contributed by atoms with Crippen LogP contribution in [-0.4, -0.2) is 5.84 Å². The van der Waals surface area contributed by atoms with Gasteiger partial charge in [0, 0.05) is 5.56 Å². The van der Waals surface area contributed by atoms with Crippen LogP contribution >= 0.6 is 0 Å². The summed E-state index contributed by atoms with van der Waals surface area (Å²) in [4.78, 5) is 0. The van der Waals surface area contributed by atoms with E-state index in [1.54, 1.807) is 0 Å². The number of ether oxygens (including phenoxy) is 1. The molecule has 2 aromatic rings.